The normalized spacial score (nSPS) is 10.6. The fourth-order valence-corrected chi connectivity index (χ4v) is 2.11. The number of aryl methyl sites for hydroxylation is 1. The molecular formula is C17H12F2N2O2. The van der Waals surface area contributed by atoms with E-state index < -0.39 is 17.6 Å². The minimum atomic E-state index is -0.720. The Morgan fingerprint density at radius 3 is 2.43 bits per heavy atom. The number of hydrogen-bond donors (Lipinski definition) is 0. The molecule has 0 amide bonds. The third-order valence-corrected chi connectivity index (χ3v) is 3.11. The van der Waals surface area contributed by atoms with Crippen molar-refractivity contribution in [3.8, 4) is 11.6 Å². The number of benzene rings is 2. The van der Waals surface area contributed by atoms with Gasteiger partial charge in [-0.1, -0.05) is 12.1 Å². The Balaban J connectivity index is 1.93. The summed E-state index contributed by atoms with van der Waals surface area (Å²) in [6.45, 7) is 1.72. The molecule has 0 fully saturated rings. The van der Waals surface area contributed by atoms with Crippen molar-refractivity contribution >= 4 is 5.97 Å². The zero-order valence-corrected chi connectivity index (χ0v) is 12.2. The maximum atomic E-state index is 13.4. The molecule has 1 aromatic heterocycles. The van der Waals surface area contributed by atoms with Crippen molar-refractivity contribution in [1.29, 1.82) is 0 Å². The molecule has 3 rings (SSSR count). The lowest BCUT2D eigenvalue weighted by Crippen LogP contribution is -2.12. The Bertz CT molecular complexity index is 875. The number of rotatable bonds is 3. The van der Waals surface area contributed by atoms with Gasteiger partial charge in [0.15, 0.2) is 0 Å². The molecule has 0 atom stereocenters. The second kappa shape index (κ2) is 6.00. The summed E-state index contributed by atoms with van der Waals surface area (Å²) in [5.41, 5.74) is 1.09. The molecule has 6 heteroatoms. The summed E-state index contributed by atoms with van der Waals surface area (Å²) < 4.78 is 33.2. The van der Waals surface area contributed by atoms with Crippen molar-refractivity contribution in [2.75, 3.05) is 0 Å². The number of hydrogen-bond acceptors (Lipinski definition) is 3. The highest BCUT2D eigenvalue weighted by molar-refractivity contribution is 5.90. The van der Waals surface area contributed by atoms with Crippen LogP contribution in [0.4, 0.5) is 8.78 Å². The van der Waals surface area contributed by atoms with Crippen molar-refractivity contribution in [2.24, 2.45) is 0 Å². The molecule has 3 aromatic rings. The van der Waals surface area contributed by atoms with Gasteiger partial charge in [-0.2, -0.15) is 5.10 Å². The maximum Gasteiger partial charge on any atom is 0.344 e. The number of esters is 1. The van der Waals surface area contributed by atoms with E-state index >= 15 is 0 Å². The first-order valence-corrected chi connectivity index (χ1v) is 6.83. The standard InChI is InChI=1S/C17H12F2N2O2/c1-11-8-16(21(20-11)15-7-3-6-14(19)10-15)23-17(22)12-4-2-5-13(18)9-12/h2-10H,1H3. The monoisotopic (exact) mass is 314 g/mol. The van der Waals surface area contributed by atoms with Crippen molar-refractivity contribution < 1.29 is 18.3 Å². The van der Waals surface area contributed by atoms with E-state index in [0.717, 1.165) is 6.07 Å². The molecule has 0 saturated heterocycles. The quantitative estimate of drug-likeness (QED) is 0.693. The molecule has 0 spiro atoms. The van der Waals surface area contributed by atoms with E-state index in [1.807, 2.05) is 0 Å². The average molecular weight is 314 g/mol. The molecule has 0 N–H and O–H groups in total. The number of carbonyl (C=O) groups is 1. The van der Waals surface area contributed by atoms with E-state index in [2.05, 4.69) is 5.10 Å². The fourth-order valence-electron chi connectivity index (χ4n) is 2.11. The minimum absolute atomic E-state index is 0.0784. The van der Waals surface area contributed by atoms with E-state index in [0.29, 0.717) is 11.4 Å². The first-order valence-electron chi connectivity index (χ1n) is 6.83. The van der Waals surface area contributed by atoms with Crippen LogP contribution < -0.4 is 4.74 Å². The van der Waals surface area contributed by atoms with Crippen LogP contribution >= 0.6 is 0 Å². The van der Waals surface area contributed by atoms with E-state index in [1.165, 1.54) is 41.1 Å². The first-order chi connectivity index (χ1) is 11.0. The van der Waals surface area contributed by atoms with E-state index in [9.17, 15) is 13.6 Å². The van der Waals surface area contributed by atoms with Gasteiger partial charge in [0.1, 0.15) is 11.6 Å². The molecule has 23 heavy (non-hydrogen) atoms. The van der Waals surface area contributed by atoms with Crippen LogP contribution in [0.15, 0.2) is 54.6 Å². The van der Waals surface area contributed by atoms with Crippen LogP contribution in [-0.4, -0.2) is 15.7 Å². The van der Waals surface area contributed by atoms with Crippen LogP contribution in [0.5, 0.6) is 5.88 Å². The molecule has 2 aromatic carbocycles. The second-order valence-corrected chi connectivity index (χ2v) is 4.92. The predicted octanol–water partition coefficient (Wildman–Crippen LogP) is 3.68. The summed E-state index contributed by atoms with van der Waals surface area (Å²) in [7, 11) is 0. The van der Waals surface area contributed by atoms with E-state index in [4.69, 9.17) is 4.74 Å². The summed E-state index contributed by atoms with van der Waals surface area (Å²) in [5.74, 6) is -1.56. The van der Waals surface area contributed by atoms with Gasteiger partial charge < -0.3 is 4.74 Å². The lowest BCUT2D eigenvalue weighted by Gasteiger charge is -2.08. The average Bonchev–Trinajstić information content (AvgIpc) is 2.88. The Morgan fingerprint density at radius 1 is 1.04 bits per heavy atom. The topological polar surface area (TPSA) is 44.1 Å². The molecule has 0 radical (unpaired) electrons. The van der Waals surface area contributed by atoms with Gasteiger partial charge in [0.25, 0.3) is 0 Å². The van der Waals surface area contributed by atoms with Gasteiger partial charge in [-0.05, 0) is 43.3 Å². The molecule has 1 heterocycles. The molecule has 0 bridgehead atoms. The summed E-state index contributed by atoms with van der Waals surface area (Å²) in [4.78, 5) is 12.1. The van der Waals surface area contributed by atoms with Crippen molar-refractivity contribution in [2.45, 2.75) is 6.92 Å². The minimum Gasteiger partial charge on any atom is -0.404 e. The molecule has 0 unspecified atom stereocenters. The van der Waals surface area contributed by atoms with Crippen LogP contribution in [0.2, 0.25) is 0 Å². The van der Waals surface area contributed by atoms with Crippen molar-refractivity contribution in [3.63, 3.8) is 0 Å². The number of halogens is 2. The number of ether oxygens (including phenoxy) is 1. The molecule has 0 aliphatic heterocycles. The van der Waals surface area contributed by atoms with Gasteiger partial charge >= 0.3 is 5.97 Å². The highest BCUT2D eigenvalue weighted by Gasteiger charge is 2.15. The zero-order chi connectivity index (χ0) is 16.4. The van der Waals surface area contributed by atoms with Crippen LogP contribution in [0.3, 0.4) is 0 Å². The summed E-state index contributed by atoms with van der Waals surface area (Å²) in [5, 5.41) is 4.18. The van der Waals surface area contributed by atoms with E-state index in [1.54, 1.807) is 19.1 Å². The fraction of sp³-hybridized carbons (Fsp3) is 0.0588. The van der Waals surface area contributed by atoms with Crippen LogP contribution in [0.1, 0.15) is 16.1 Å². The number of aromatic nitrogens is 2. The Kier molecular flexibility index (Phi) is 3.89. The SMILES string of the molecule is Cc1cc(OC(=O)c2cccc(F)c2)n(-c2cccc(F)c2)n1. The lowest BCUT2D eigenvalue weighted by atomic mass is 10.2. The zero-order valence-electron chi connectivity index (χ0n) is 12.2. The maximum absolute atomic E-state index is 13.4. The molecule has 0 aliphatic carbocycles. The summed E-state index contributed by atoms with van der Waals surface area (Å²) in [6.07, 6.45) is 0. The van der Waals surface area contributed by atoms with Gasteiger partial charge in [-0.25, -0.2) is 18.3 Å². The van der Waals surface area contributed by atoms with E-state index in [-0.39, 0.29) is 11.4 Å². The Morgan fingerprint density at radius 2 is 1.74 bits per heavy atom. The van der Waals surface area contributed by atoms with Gasteiger partial charge in [0, 0.05) is 6.07 Å². The Labute approximate surface area is 130 Å². The first kappa shape index (κ1) is 14.9. The highest BCUT2D eigenvalue weighted by atomic mass is 19.1. The number of carbonyl (C=O) groups excluding carboxylic acids is 1. The molecule has 0 saturated carbocycles. The van der Waals surface area contributed by atoms with Crippen molar-refractivity contribution in [3.05, 3.63) is 77.5 Å². The molecule has 4 nitrogen and oxygen atoms in total. The molecule has 116 valence electrons. The molecular weight excluding hydrogens is 302 g/mol. The van der Waals surface area contributed by atoms with Crippen LogP contribution in [0.25, 0.3) is 5.69 Å². The smallest absolute Gasteiger partial charge is 0.344 e. The van der Waals surface area contributed by atoms with Crippen molar-refractivity contribution in [1.82, 2.24) is 9.78 Å². The largest absolute Gasteiger partial charge is 0.404 e. The summed E-state index contributed by atoms with van der Waals surface area (Å²) in [6, 6.07) is 12.5. The molecule has 0 aliphatic rings. The third kappa shape index (κ3) is 3.26. The predicted molar refractivity (Wildman–Crippen MR) is 79.6 cm³/mol. The Hall–Kier alpha value is -3.02. The van der Waals surface area contributed by atoms with Gasteiger partial charge in [-0.15, -0.1) is 0 Å². The number of nitrogens with zero attached hydrogens (tertiary/aromatic N) is 2. The third-order valence-electron chi connectivity index (χ3n) is 3.11. The van der Waals surface area contributed by atoms with Gasteiger partial charge in [0.05, 0.1) is 16.9 Å². The van der Waals surface area contributed by atoms with Gasteiger partial charge in [-0.3, -0.25) is 0 Å². The van der Waals surface area contributed by atoms with Crippen LogP contribution in [-0.2, 0) is 0 Å². The summed E-state index contributed by atoms with van der Waals surface area (Å²) >= 11 is 0. The highest BCUT2D eigenvalue weighted by Crippen LogP contribution is 2.21. The second-order valence-electron chi connectivity index (χ2n) is 4.92. The lowest BCUT2D eigenvalue weighted by molar-refractivity contribution is 0.0722. The van der Waals surface area contributed by atoms with Crippen LogP contribution in [0, 0.1) is 18.6 Å². The van der Waals surface area contributed by atoms with Gasteiger partial charge in [0.2, 0.25) is 5.88 Å².